The molecule has 0 amide bonds. The second-order valence-corrected chi connectivity index (χ2v) is 4.13. The van der Waals surface area contributed by atoms with Gasteiger partial charge in [0.1, 0.15) is 0 Å². The third kappa shape index (κ3) is 1.66. The third-order valence-corrected chi connectivity index (χ3v) is 2.76. The average molecular weight is 250 g/mol. The topological polar surface area (TPSA) is 78.2 Å². The van der Waals surface area contributed by atoms with Crippen molar-refractivity contribution < 1.29 is 14.7 Å². The smallest absolute Gasteiger partial charge is 0.228 e. The molecule has 4 nitrogen and oxygen atoms in total. The van der Waals surface area contributed by atoms with E-state index >= 15 is 0 Å². The van der Waals surface area contributed by atoms with Gasteiger partial charge in [-0.25, -0.2) is 0 Å². The summed E-state index contributed by atoms with van der Waals surface area (Å²) in [5, 5.41) is 17.4. The van der Waals surface area contributed by atoms with Crippen molar-refractivity contribution in [2.24, 2.45) is 0 Å². The highest BCUT2D eigenvalue weighted by Gasteiger charge is 2.33. The maximum atomic E-state index is 12.0. The Morgan fingerprint density at radius 3 is 2.47 bits per heavy atom. The summed E-state index contributed by atoms with van der Waals surface area (Å²) >= 11 is 5.73. The van der Waals surface area contributed by atoms with E-state index in [4.69, 9.17) is 17.0 Å². The van der Waals surface area contributed by atoms with E-state index < -0.39 is 17.3 Å². The summed E-state index contributed by atoms with van der Waals surface area (Å²) in [6.45, 7) is 1.34. The van der Waals surface area contributed by atoms with Gasteiger partial charge in [-0.15, -0.1) is 0 Å². The van der Waals surface area contributed by atoms with Gasteiger partial charge in [0.05, 0.1) is 5.57 Å². The van der Waals surface area contributed by atoms with Crippen LogP contribution in [-0.4, -0.2) is 22.4 Å². The van der Waals surface area contributed by atoms with Crippen molar-refractivity contribution in [3.63, 3.8) is 0 Å². The van der Waals surface area contributed by atoms with Crippen molar-refractivity contribution in [2.75, 3.05) is 0 Å². The number of Topliss-reactive ketones (excluding diaryl/α,β-unsaturated/α-hetero) is 2. The lowest BCUT2D eigenvalue weighted by Crippen LogP contribution is -2.25. The van der Waals surface area contributed by atoms with Crippen molar-refractivity contribution in [3.05, 3.63) is 45.7 Å². The molecule has 5 heteroatoms. The molecule has 0 saturated carbocycles. The Kier molecular flexibility index (Phi) is 2.59. The van der Waals surface area contributed by atoms with Crippen molar-refractivity contribution >= 4 is 28.9 Å². The number of nitrogens with one attached hydrogen (secondary N) is 1. The minimum atomic E-state index is -0.683. The van der Waals surface area contributed by atoms with Crippen LogP contribution >= 0.6 is 11.6 Å². The Morgan fingerprint density at radius 1 is 1.24 bits per heavy atom. The first-order valence-corrected chi connectivity index (χ1v) is 5.19. The number of aliphatic hydroxyl groups is 1. The molecular weight excluding hydrogens is 242 g/mol. The highest BCUT2D eigenvalue weighted by molar-refractivity contribution is 6.37. The van der Waals surface area contributed by atoms with Gasteiger partial charge in [-0.3, -0.25) is 9.59 Å². The Hall–Kier alpha value is -1.94. The number of hydrogen-bond acceptors (Lipinski definition) is 4. The SMILES string of the molecule is CC(=N)C1=C(O)C(=O)c2cc(Cl)ccc2C1=O. The summed E-state index contributed by atoms with van der Waals surface area (Å²) in [5.74, 6) is -1.89. The molecule has 17 heavy (non-hydrogen) atoms. The second kappa shape index (κ2) is 3.82. The van der Waals surface area contributed by atoms with Crippen molar-refractivity contribution in [3.8, 4) is 0 Å². The van der Waals surface area contributed by atoms with Crippen LogP contribution in [0.25, 0.3) is 0 Å². The molecule has 0 unspecified atom stereocenters. The van der Waals surface area contributed by atoms with Gasteiger partial charge in [-0.2, -0.15) is 0 Å². The number of carbonyl (C=O) groups excluding carboxylic acids is 2. The van der Waals surface area contributed by atoms with E-state index in [-0.39, 0.29) is 22.4 Å². The van der Waals surface area contributed by atoms with Crippen LogP contribution in [0.4, 0.5) is 0 Å². The molecule has 1 aliphatic carbocycles. The van der Waals surface area contributed by atoms with E-state index in [0.29, 0.717) is 5.02 Å². The standard InChI is InChI=1S/C12H8ClNO3/c1-5(14)9-10(15)7-3-2-6(13)4-8(7)11(16)12(9)17/h2-4,14,17H,1H3. The number of carbonyl (C=O) groups is 2. The molecule has 0 saturated heterocycles. The van der Waals surface area contributed by atoms with Crippen LogP contribution < -0.4 is 0 Å². The summed E-state index contributed by atoms with van der Waals surface area (Å²) in [7, 11) is 0. The monoisotopic (exact) mass is 249 g/mol. The highest BCUT2D eigenvalue weighted by Crippen LogP contribution is 2.27. The largest absolute Gasteiger partial charge is 0.504 e. The van der Waals surface area contributed by atoms with E-state index in [2.05, 4.69) is 0 Å². The quantitative estimate of drug-likeness (QED) is 0.751. The Morgan fingerprint density at radius 2 is 1.88 bits per heavy atom. The Balaban J connectivity index is 2.73. The molecule has 0 aliphatic heterocycles. The summed E-state index contributed by atoms with van der Waals surface area (Å²) in [6, 6.07) is 4.25. The van der Waals surface area contributed by atoms with E-state index in [9.17, 15) is 14.7 Å². The van der Waals surface area contributed by atoms with E-state index in [1.807, 2.05) is 0 Å². The third-order valence-electron chi connectivity index (χ3n) is 2.52. The normalized spacial score (nSPS) is 14.9. The lowest BCUT2D eigenvalue weighted by molar-refractivity contribution is 0.0934. The zero-order valence-electron chi connectivity index (χ0n) is 8.87. The van der Waals surface area contributed by atoms with Crippen molar-refractivity contribution in [1.29, 1.82) is 5.41 Å². The molecular formula is C12H8ClNO3. The van der Waals surface area contributed by atoms with Gasteiger partial charge >= 0.3 is 0 Å². The lowest BCUT2D eigenvalue weighted by Gasteiger charge is -2.16. The lowest BCUT2D eigenvalue weighted by atomic mass is 9.86. The number of fused-ring (bicyclic) bond motifs is 1. The van der Waals surface area contributed by atoms with Gasteiger partial charge in [0.15, 0.2) is 11.5 Å². The highest BCUT2D eigenvalue weighted by atomic mass is 35.5. The van der Waals surface area contributed by atoms with Crippen LogP contribution in [0.1, 0.15) is 27.6 Å². The summed E-state index contributed by atoms with van der Waals surface area (Å²) in [6.07, 6.45) is 0. The van der Waals surface area contributed by atoms with Gasteiger partial charge in [0.2, 0.25) is 5.78 Å². The van der Waals surface area contributed by atoms with Crippen LogP contribution in [-0.2, 0) is 0 Å². The van der Waals surface area contributed by atoms with E-state index in [0.717, 1.165) is 0 Å². The Labute approximate surface area is 102 Å². The fourth-order valence-corrected chi connectivity index (χ4v) is 1.91. The van der Waals surface area contributed by atoms with Gasteiger partial charge in [-0.05, 0) is 25.1 Å². The van der Waals surface area contributed by atoms with Crippen LogP contribution in [0.2, 0.25) is 5.02 Å². The van der Waals surface area contributed by atoms with Crippen LogP contribution in [0.15, 0.2) is 29.5 Å². The fourth-order valence-electron chi connectivity index (χ4n) is 1.73. The Bertz CT molecular complexity index is 602. The maximum absolute atomic E-state index is 12.0. The molecule has 1 aromatic rings. The minimum Gasteiger partial charge on any atom is -0.504 e. The van der Waals surface area contributed by atoms with Crippen LogP contribution in [0, 0.1) is 5.41 Å². The van der Waals surface area contributed by atoms with Gasteiger partial charge in [0.25, 0.3) is 0 Å². The van der Waals surface area contributed by atoms with E-state index in [1.165, 1.54) is 25.1 Å². The first-order valence-electron chi connectivity index (χ1n) is 4.81. The number of aliphatic hydroxyl groups excluding tert-OH is 1. The molecule has 0 spiro atoms. The molecule has 0 radical (unpaired) electrons. The van der Waals surface area contributed by atoms with Crippen molar-refractivity contribution in [2.45, 2.75) is 6.92 Å². The number of halogens is 1. The number of hydrogen-bond donors (Lipinski definition) is 2. The van der Waals surface area contributed by atoms with Crippen LogP contribution in [0.3, 0.4) is 0 Å². The minimum absolute atomic E-state index is 0.0741. The average Bonchev–Trinajstić information content (AvgIpc) is 2.25. The van der Waals surface area contributed by atoms with E-state index in [1.54, 1.807) is 0 Å². The first-order chi connectivity index (χ1) is 7.93. The summed E-state index contributed by atoms with van der Waals surface area (Å²) in [5.41, 5.74) is -0.143. The van der Waals surface area contributed by atoms with Gasteiger partial charge in [0, 0.05) is 21.9 Å². The molecule has 0 heterocycles. The zero-order valence-corrected chi connectivity index (χ0v) is 9.63. The number of ketones is 2. The second-order valence-electron chi connectivity index (χ2n) is 3.70. The predicted molar refractivity (Wildman–Crippen MR) is 63.2 cm³/mol. The molecule has 0 atom stereocenters. The van der Waals surface area contributed by atoms with Crippen molar-refractivity contribution in [1.82, 2.24) is 0 Å². The molecule has 2 rings (SSSR count). The molecule has 86 valence electrons. The van der Waals surface area contributed by atoms with Crippen LogP contribution in [0.5, 0.6) is 0 Å². The summed E-state index contributed by atoms with van der Waals surface area (Å²) < 4.78 is 0. The number of allylic oxidation sites excluding steroid dienone is 2. The van der Waals surface area contributed by atoms with Gasteiger partial charge in [-0.1, -0.05) is 11.6 Å². The molecule has 1 aromatic carbocycles. The number of benzene rings is 1. The fraction of sp³-hybridized carbons (Fsp3) is 0.0833. The first kappa shape index (κ1) is 11.5. The molecule has 2 N–H and O–H groups in total. The zero-order chi connectivity index (χ0) is 12.7. The number of rotatable bonds is 1. The molecule has 1 aliphatic rings. The summed E-state index contributed by atoms with van der Waals surface area (Å²) in [4.78, 5) is 23.8. The molecule has 0 aromatic heterocycles. The van der Waals surface area contributed by atoms with Gasteiger partial charge < -0.3 is 10.5 Å². The molecule has 0 bridgehead atoms. The predicted octanol–water partition coefficient (Wildman–Crippen LogP) is 2.57. The maximum Gasteiger partial charge on any atom is 0.228 e. The molecule has 0 fully saturated rings.